The Balaban J connectivity index is 1.69. The second-order valence-corrected chi connectivity index (χ2v) is 9.93. The van der Waals surface area contributed by atoms with E-state index >= 15 is 0 Å². The summed E-state index contributed by atoms with van der Waals surface area (Å²) >= 11 is 6.43. The highest BCUT2D eigenvalue weighted by molar-refractivity contribution is 7.94. The van der Waals surface area contributed by atoms with Crippen LogP contribution in [0.2, 0.25) is 5.02 Å². The molecule has 0 aromatic heterocycles. The summed E-state index contributed by atoms with van der Waals surface area (Å²) < 4.78 is 25.6. The number of anilines is 2. The van der Waals surface area contributed by atoms with Crippen molar-refractivity contribution >= 4 is 44.8 Å². The largest absolute Gasteiger partial charge is 0.304 e. The normalized spacial score (nSPS) is 17.4. The van der Waals surface area contributed by atoms with E-state index in [4.69, 9.17) is 11.6 Å². The summed E-state index contributed by atoms with van der Waals surface area (Å²) in [5, 5.41) is 0.0732. The Morgan fingerprint density at radius 2 is 1.66 bits per heavy atom. The Bertz CT molecular complexity index is 1260. The third-order valence-electron chi connectivity index (χ3n) is 5.27. The first-order chi connectivity index (χ1) is 15.3. The Kier molecular flexibility index (Phi) is 6.04. The van der Waals surface area contributed by atoms with Gasteiger partial charge in [0.15, 0.2) is 0 Å². The van der Waals surface area contributed by atoms with Crippen molar-refractivity contribution in [1.29, 1.82) is 0 Å². The molecule has 0 spiro atoms. The molecule has 6 nitrogen and oxygen atoms in total. The molecule has 1 aliphatic heterocycles. The van der Waals surface area contributed by atoms with Crippen molar-refractivity contribution in [3.63, 3.8) is 0 Å². The first-order valence-corrected chi connectivity index (χ1v) is 12.0. The number of hydrogen-bond acceptors (Lipinski definition) is 4. The molecule has 3 aromatic carbocycles. The average molecular weight is 469 g/mol. The predicted molar refractivity (Wildman–Crippen MR) is 125 cm³/mol. The molecule has 0 saturated carbocycles. The van der Waals surface area contributed by atoms with Gasteiger partial charge in [0.25, 0.3) is 5.91 Å². The number of para-hydroxylation sites is 1. The fourth-order valence-corrected chi connectivity index (χ4v) is 5.76. The monoisotopic (exact) mass is 468 g/mol. The minimum absolute atomic E-state index is 0.0732. The number of carbonyl (C=O) groups excluding carboxylic acids is 2. The van der Waals surface area contributed by atoms with Gasteiger partial charge in [-0.15, -0.1) is 0 Å². The number of nitrogens with zero attached hydrogens (tertiary/aromatic N) is 2. The smallest absolute Gasteiger partial charge is 0.260 e. The maximum Gasteiger partial charge on any atom is 0.260 e. The fraction of sp³-hybridized carbons (Fsp3) is 0.167. The van der Waals surface area contributed by atoms with Crippen LogP contribution in [0.5, 0.6) is 0 Å². The van der Waals surface area contributed by atoms with Crippen molar-refractivity contribution in [3.05, 3.63) is 95.0 Å². The van der Waals surface area contributed by atoms with Crippen LogP contribution in [0.4, 0.5) is 11.4 Å². The van der Waals surface area contributed by atoms with Gasteiger partial charge in [-0.2, -0.15) is 0 Å². The van der Waals surface area contributed by atoms with Crippen molar-refractivity contribution in [2.24, 2.45) is 5.92 Å². The zero-order chi connectivity index (χ0) is 22.9. The van der Waals surface area contributed by atoms with Gasteiger partial charge in [-0.05, 0) is 35.9 Å². The van der Waals surface area contributed by atoms with Crippen molar-refractivity contribution < 1.29 is 18.0 Å². The van der Waals surface area contributed by atoms with E-state index in [0.717, 1.165) is 9.87 Å². The molecule has 0 aliphatic carbocycles. The molecular weight excluding hydrogens is 448 g/mol. The van der Waals surface area contributed by atoms with Crippen molar-refractivity contribution in [2.45, 2.75) is 13.5 Å². The predicted octanol–water partition coefficient (Wildman–Crippen LogP) is 4.50. The summed E-state index contributed by atoms with van der Waals surface area (Å²) in [6.07, 6.45) is 0. The highest BCUT2D eigenvalue weighted by atomic mass is 35.5. The van der Waals surface area contributed by atoms with E-state index in [1.165, 1.54) is 18.2 Å². The van der Waals surface area contributed by atoms with Gasteiger partial charge in [-0.3, -0.25) is 9.59 Å². The zero-order valence-corrected chi connectivity index (χ0v) is 18.9. The number of amides is 2. The molecule has 1 atom stereocenters. The van der Waals surface area contributed by atoms with Crippen LogP contribution in [0.1, 0.15) is 22.8 Å². The van der Waals surface area contributed by atoms with E-state index in [1.807, 2.05) is 60.7 Å². The number of hydrogen-bond donors (Lipinski definition) is 0. The molecule has 2 amide bonds. The molecule has 32 heavy (non-hydrogen) atoms. The van der Waals surface area contributed by atoms with Crippen LogP contribution in [0.25, 0.3) is 0 Å². The molecule has 1 heterocycles. The Labute approximate surface area is 192 Å². The van der Waals surface area contributed by atoms with Gasteiger partial charge in [0.1, 0.15) is 0 Å². The lowest BCUT2D eigenvalue weighted by Gasteiger charge is -2.24. The minimum Gasteiger partial charge on any atom is -0.304 e. The summed E-state index contributed by atoms with van der Waals surface area (Å²) in [5.74, 6) is -1.71. The second-order valence-electron chi connectivity index (χ2n) is 7.66. The van der Waals surface area contributed by atoms with Gasteiger partial charge in [-0.25, -0.2) is 12.7 Å². The van der Waals surface area contributed by atoms with E-state index in [1.54, 1.807) is 11.8 Å². The zero-order valence-electron chi connectivity index (χ0n) is 17.3. The second kappa shape index (κ2) is 8.76. The summed E-state index contributed by atoms with van der Waals surface area (Å²) in [7, 11) is -3.76. The molecule has 0 N–H and O–H groups in total. The lowest BCUT2D eigenvalue weighted by Crippen LogP contribution is -2.32. The molecule has 3 aromatic rings. The van der Waals surface area contributed by atoms with Crippen molar-refractivity contribution in [2.75, 3.05) is 15.0 Å². The Morgan fingerprint density at radius 3 is 2.22 bits per heavy atom. The Morgan fingerprint density at radius 1 is 1.03 bits per heavy atom. The maximum atomic E-state index is 13.5. The van der Waals surface area contributed by atoms with Gasteiger partial charge in [0, 0.05) is 5.69 Å². The lowest BCUT2D eigenvalue weighted by molar-refractivity contribution is -0.119. The third kappa shape index (κ3) is 4.26. The fourth-order valence-electron chi connectivity index (χ4n) is 3.69. The van der Waals surface area contributed by atoms with Crippen LogP contribution >= 0.6 is 11.6 Å². The summed E-state index contributed by atoms with van der Waals surface area (Å²) in [5.41, 5.74) is 2.00. The number of carbonyl (C=O) groups is 2. The molecule has 164 valence electrons. The van der Waals surface area contributed by atoms with Crippen LogP contribution in [0.15, 0.2) is 78.9 Å². The number of rotatable bonds is 5. The van der Waals surface area contributed by atoms with E-state index in [-0.39, 0.29) is 27.9 Å². The first-order valence-electron chi connectivity index (χ1n) is 10.0. The molecule has 1 aliphatic rings. The van der Waals surface area contributed by atoms with E-state index in [9.17, 15) is 18.0 Å². The van der Waals surface area contributed by atoms with E-state index < -0.39 is 21.8 Å². The number of benzene rings is 3. The maximum absolute atomic E-state index is 13.5. The molecule has 8 heteroatoms. The number of halogens is 1. The van der Waals surface area contributed by atoms with Crippen molar-refractivity contribution in [1.82, 2.24) is 0 Å². The van der Waals surface area contributed by atoms with E-state index in [2.05, 4.69) is 0 Å². The molecule has 0 radical (unpaired) electrons. The van der Waals surface area contributed by atoms with Crippen LogP contribution in [-0.2, 0) is 21.4 Å². The highest BCUT2D eigenvalue weighted by Gasteiger charge is 2.42. The number of sulfonamides is 1. The van der Waals surface area contributed by atoms with Crippen LogP contribution < -0.4 is 9.21 Å². The summed E-state index contributed by atoms with van der Waals surface area (Å²) in [6.45, 7) is 1.90. The molecule has 1 fully saturated rings. The van der Waals surface area contributed by atoms with Gasteiger partial charge in [0.2, 0.25) is 15.9 Å². The quantitative estimate of drug-likeness (QED) is 0.552. The Hall–Kier alpha value is -3.16. The van der Waals surface area contributed by atoms with Crippen molar-refractivity contribution in [3.8, 4) is 0 Å². The van der Waals surface area contributed by atoms with Gasteiger partial charge in [0.05, 0.1) is 34.5 Å². The topological polar surface area (TPSA) is 74.8 Å². The van der Waals surface area contributed by atoms with Crippen LogP contribution in [-0.4, -0.2) is 26.0 Å². The summed E-state index contributed by atoms with van der Waals surface area (Å²) in [6, 6.07) is 23.1. The van der Waals surface area contributed by atoms with Crippen LogP contribution in [0, 0.1) is 5.92 Å². The lowest BCUT2D eigenvalue weighted by atomic mass is 10.1. The molecule has 1 saturated heterocycles. The van der Waals surface area contributed by atoms with E-state index in [0.29, 0.717) is 12.2 Å². The molecule has 0 bridgehead atoms. The first kappa shape index (κ1) is 22.0. The van der Waals surface area contributed by atoms with Crippen LogP contribution in [0.3, 0.4) is 0 Å². The van der Waals surface area contributed by atoms with Gasteiger partial charge < -0.3 is 4.90 Å². The van der Waals surface area contributed by atoms with Gasteiger partial charge in [-0.1, -0.05) is 67.1 Å². The highest BCUT2D eigenvalue weighted by Crippen LogP contribution is 2.32. The standard InChI is InChI=1S/C24H21ClN2O4S/c1-17-16-32(30,31)27(23(17)28)20-12-13-21(22(25)14-20)24(29)26(19-10-6-3-7-11-19)15-18-8-4-2-5-9-18/h2-14,17H,15-16H2,1H3/t17-/m0/s1. The minimum atomic E-state index is -3.76. The SMILES string of the molecule is C[C@H]1CS(=O)(=O)N(c2ccc(C(=O)N(Cc3ccccc3)c3ccccc3)c(Cl)c2)C1=O. The molecule has 4 rings (SSSR count). The average Bonchev–Trinajstić information content (AvgIpc) is 2.99. The molecular formula is C24H21ClN2O4S. The molecule has 0 unspecified atom stereocenters. The third-order valence-corrected chi connectivity index (χ3v) is 7.46. The van der Waals surface area contributed by atoms with Gasteiger partial charge >= 0.3 is 0 Å². The summed E-state index contributed by atoms with van der Waals surface area (Å²) in [4.78, 5) is 27.5.